The number of rotatable bonds is 10. The van der Waals surface area contributed by atoms with Gasteiger partial charge in [0, 0.05) is 81.2 Å². The third-order valence-electron chi connectivity index (χ3n) is 11.2. The smallest absolute Gasteiger partial charge is 0.256 e. The van der Waals surface area contributed by atoms with Gasteiger partial charge in [-0.05, 0) is 73.5 Å². The van der Waals surface area contributed by atoms with E-state index in [1.807, 2.05) is 23.2 Å². The Labute approximate surface area is 304 Å². The van der Waals surface area contributed by atoms with Crippen molar-refractivity contribution in [2.75, 3.05) is 60.0 Å². The summed E-state index contributed by atoms with van der Waals surface area (Å²) in [5, 5.41) is 2.45. The predicted molar refractivity (Wildman–Crippen MR) is 198 cm³/mol. The molecule has 2 aromatic carbocycles. The van der Waals surface area contributed by atoms with Gasteiger partial charge >= 0.3 is 0 Å². The van der Waals surface area contributed by atoms with Crippen molar-refractivity contribution in [3.63, 3.8) is 0 Å². The molecule has 3 aromatic rings. The Morgan fingerprint density at radius 1 is 0.904 bits per heavy atom. The number of amides is 3. The van der Waals surface area contributed by atoms with E-state index in [1.54, 1.807) is 32.0 Å². The van der Waals surface area contributed by atoms with Crippen LogP contribution in [-0.2, 0) is 40.9 Å². The number of carbonyl (C=O) groups excluding carboxylic acids is 3. The van der Waals surface area contributed by atoms with Crippen LogP contribution in [0.4, 0.5) is 0 Å². The average Bonchev–Trinajstić information content (AvgIpc) is 3.66. The van der Waals surface area contributed by atoms with E-state index in [9.17, 15) is 19.2 Å². The number of nitrogens with one attached hydrogen (secondary N) is 1. The number of hydrogen-bond acceptors (Lipinski definition) is 9. The molecular weight excluding hydrogens is 660 g/mol. The third-order valence-corrected chi connectivity index (χ3v) is 11.2. The van der Waals surface area contributed by atoms with E-state index in [0.717, 1.165) is 78.3 Å². The average molecular weight is 709 g/mol. The van der Waals surface area contributed by atoms with Crippen LogP contribution in [0.3, 0.4) is 0 Å². The second-order valence-electron chi connectivity index (χ2n) is 14.5. The predicted octanol–water partition coefficient (Wildman–Crippen LogP) is 3.12. The summed E-state index contributed by atoms with van der Waals surface area (Å²) in [5.74, 6) is 1.60. The molecule has 0 spiro atoms. The number of fused-ring (bicyclic) bond motifs is 1. The number of pyridine rings is 1. The van der Waals surface area contributed by atoms with Gasteiger partial charge in [0.1, 0.15) is 11.5 Å². The number of nitrogens with zero attached hydrogens (tertiary/aromatic N) is 5. The lowest BCUT2D eigenvalue weighted by Crippen LogP contribution is -2.51. The molecule has 52 heavy (non-hydrogen) atoms. The highest BCUT2D eigenvalue weighted by molar-refractivity contribution is 5.98. The van der Waals surface area contributed by atoms with Crippen LogP contribution in [0.2, 0.25) is 0 Å². The van der Waals surface area contributed by atoms with Crippen molar-refractivity contribution in [3.8, 4) is 22.6 Å². The Balaban J connectivity index is 0.897. The molecule has 0 bridgehead atoms. The summed E-state index contributed by atoms with van der Waals surface area (Å²) in [6.45, 7) is 6.10. The Hall–Kier alpha value is -4.81. The van der Waals surface area contributed by atoms with Gasteiger partial charge in [-0.3, -0.25) is 39.3 Å². The highest BCUT2D eigenvalue weighted by Gasteiger charge is 2.29. The lowest BCUT2D eigenvalue weighted by Gasteiger charge is -2.37. The first kappa shape index (κ1) is 35.6. The molecule has 1 aromatic heterocycles. The number of hydrogen-bond donors (Lipinski definition) is 1. The fraction of sp³-hybridized carbons (Fsp3) is 0.475. The van der Waals surface area contributed by atoms with Crippen LogP contribution in [0.5, 0.6) is 11.5 Å². The van der Waals surface area contributed by atoms with Crippen molar-refractivity contribution >= 4 is 23.9 Å². The van der Waals surface area contributed by atoms with Crippen LogP contribution in [0.15, 0.2) is 52.4 Å². The van der Waals surface area contributed by atoms with Crippen molar-refractivity contribution in [3.05, 3.63) is 80.8 Å². The number of ether oxygens (including phenoxy) is 2. The van der Waals surface area contributed by atoms with Gasteiger partial charge in [0.15, 0.2) is 0 Å². The van der Waals surface area contributed by atoms with Crippen LogP contribution >= 0.6 is 0 Å². The largest absolute Gasteiger partial charge is 0.496 e. The Morgan fingerprint density at radius 3 is 2.25 bits per heavy atom. The molecule has 0 saturated carbocycles. The molecule has 3 saturated heterocycles. The van der Waals surface area contributed by atoms with Gasteiger partial charge in [-0.25, -0.2) is 0 Å². The van der Waals surface area contributed by atoms with Gasteiger partial charge in [0.25, 0.3) is 5.56 Å². The van der Waals surface area contributed by atoms with Crippen molar-refractivity contribution < 1.29 is 23.9 Å². The second kappa shape index (κ2) is 15.4. The van der Waals surface area contributed by atoms with Crippen molar-refractivity contribution in [1.29, 1.82) is 0 Å². The Kier molecular flexibility index (Phi) is 10.6. The normalized spacial score (nSPS) is 19.8. The van der Waals surface area contributed by atoms with E-state index in [-0.39, 0.29) is 29.2 Å². The number of piperidine rings is 2. The molecule has 1 N–H and O–H groups in total. The number of carbonyl (C=O) groups is 3. The maximum absolute atomic E-state index is 13.4. The SMILES string of the molecule is COc1cc(-c2cn(C)c(=O)c3c2C=NC3)cc(OC)c1CN1CCN(C(=O)CN2CCC(c3ccc(C[C@@H]4CCC(=O)NC4=O)cc3)CC2)CC1. The summed E-state index contributed by atoms with van der Waals surface area (Å²) in [7, 11) is 5.09. The van der Waals surface area contributed by atoms with Crippen molar-refractivity contribution in [1.82, 2.24) is 24.6 Å². The van der Waals surface area contributed by atoms with E-state index >= 15 is 0 Å². The minimum atomic E-state index is -0.177. The number of methoxy groups -OCH3 is 2. The molecule has 7 rings (SSSR count). The zero-order valence-electron chi connectivity index (χ0n) is 30.4. The third kappa shape index (κ3) is 7.54. The lowest BCUT2D eigenvalue weighted by atomic mass is 9.87. The molecule has 3 fully saturated rings. The number of aromatic nitrogens is 1. The summed E-state index contributed by atoms with van der Waals surface area (Å²) in [6.07, 6.45) is 7.31. The van der Waals surface area contributed by atoms with E-state index in [4.69, 9.17) is 9.47 Å². The Bertz CT molecular complexity index is 1900. The highest BCUT2D eigenvalue weighted by atomic mass is 16.5. The number of piperazine rings is 1. The van der Waals surface area contributed by atoms with E-state index < -0.39 is 0 Å². The summed E-state index contributed by atoms with van der Waals surface area (Å²) < 4.78 is 13.4. The minimum Gasteiger partial charge on any atom is -0.496 e. The first-order valence-corrected chi connectivity index (χ1v) is 18.3. The maximum Gasteiger partial charge on any atom is 0.256 e. The first-order valence-electron chi connectivity index (χ1n) is 18.3. The van der Waals surface area contributed by atoms with Crippen molar-refractivity contribution in [2.24, 2.45) is 18.0 Å². The summed E-state index contributed by atoms with van der Waals surface area (Å²) in [4.78, 5) is 60.6. The van der Waals surface area contributed by atoms with Crippen LogP contribution in [0, 0.1) is 5.92 Å². The number of imide groups is 1. The summed E-state index contributed by atoms with van der Waals surface area (Å²) >= 11 is 0. The van der Waals surface area contributed by atoms with Gasteiger partial charge in [-0.15, -0.1) is 0 Å². The van der Waals surface area contributed by atoms with Gasteiger partial charge in [0.2, 0.25) is 17.7 Å². The van der Waals surface area contributed by atoms with Gasteiger partial charge in [-0.2, -0.15) is 0 Å². The quantitative estimate of drug-likeness (QED) is 0.319. The molecule has 1 atom stereocenters. The number of aryl methyl sites for hydroxylation is 1. The molecule has 12 nitrogen and oxygen atoms in total. The molecular formula is C40H48N6O6. The molecule has 3 amide bonds. The number of benzene rings is 2. The van der Waals surface area contributed by atoms with E-state index in [1.165, 1.54) is 5.56 Å². The van der Waals surface area contributed by atoms with Crippen LogP contribution in [-0.4, -0.2) is 103 Å². The fourth-order valence-electron chi connectivity index (χ4n) is 8.10. The first-order chi connectivity index (χ1) is 25.2. The molecule has 0 radical (unpaired) electrons. The molecule has 4 aliphatic heterocycles. The van der Waals surface area contributed by atoms with E-state index in [0.29, 0.717) is 63.5 Å². The summed E-state index contributed by atoms with van der Waals surface area (Å²) in [6, 6.07) is 12.6. The molecule has 4 aliphatic rings. The molecule has 5 heterocycles. The molecule has 0 unspecified atom stereocenters. The minimum absolute atomic E-state index is 0.0295. The van der Waals surface area contributed by atoms with Gasteiger partial charge in [-0.1, -0.05) is 24.3 Å². The summed E-state index contributed by atoms with van der Waals surface area (Å²) in [5.41, 5.74) is 6.71. The topological polar surface area (TPSA) is 126 Å². The Morgan fingerprint density at radius 2 is 1.60 bits per heavy atom. The van der Waals surface area contributed by atoms with Crippen LogP contribution in [0.1, 0.15) is 59.4 Å². The number of likely N-dealkylation sites (tertiary alicyclic amines) is 1. The maximum atomic E-state index is 13.4. The van der Waals surface area contributed by atoms with E-state index in [2.05, 4.69) is 44.4 Å². The zero-order valence-corrected chi connectivity index (χ0v) is 30.4. The molecule has 0 aliphatic carbocycles. The second-order valence-corrected chi connectivity index (χ2v) is 14.5. The fourth-order valence-corrected chi connectivity index (χ4v) is 8.10. The van der Waals surface area contributed by atoms with Gasteiger partial charge < -0.3 is 18.9 Å². The standard InChI is InChI=1S/C40H48N6O6/c1-43-23-33(31-21-41-22-32(31)40(43)50)30-19-35(51-2)34(36(20-30)52-3)24-45-14-16-46(17-15-45)38(48)25-44-12-10-28(11-13-44)27-6-4-26(5-7-27)18-29-8-9-37(47)42-39(29)49/h4-7,19-21,23,28-29H,8-18,22,24-25H2,1-3H3,(H,42,47,49)/t29-/m0/s1. The monoisotopic (exact) mass is 708 g/mol. The zero-order chi connectivity index (χ0) is 36.4. The van der Waals surface area contributed by atoms with Crippen LogP contribution < -0.4 is 20.3 Å². The van der Waals surface area contributed by atoms with Crippen LogP contribution in [0.25, 0.3) is 11.1 Å². The van der Waals surface area contributed by atoms with Gasteiger partial charge in [0.05, 0.1) is 32.9 Å². The number of aliphatic imine (C=N–C) groups is 1. The molecule has 274 valence electrons. The lowest BCUT2D eigenvalue weighted by molar-refractivity contribution is -0.136. The molecule has 12 heteroatoms. The highest BCUT2D eigenvalue weighted by Crippen LogP contribution is 2.38. The van der Waals surface area contributed by atoms with Crippen molar-refractivity contribution in [2.45, 2.75) is 51.1 Å².